The average molecular weight is 468 g/mol. The molecule has 0 saturated carbocycles. The minimum atomic E-state index is 0. The molecular weight excluding hydrogens is 439 g/mol. The van der Waals surface area contributed by atoms with Crippen molar-refractivity contribution in [3.05, 3.63) is 46.5 Å². The molecule has 0 amide bonds. The maximum Gasteiger partial charge on any atom is 0.191 e. The molecular formula is C19H29IN6. The molecule has 1 aliphatic heterocycles. The van der Waals surface area contributed by atoms with E-state index in [2.05, 4.69) is 62.4 Å². The minimum Gasteiger partial charge on any atom is -0.356 e. The van der Waals surface area contributed by atoms with Crippen LogP contribution in [0.5, 0.6) is 0 Å². The number of halogens is 1. The minimum absolute atomic E-state index is 0. The second-order valence-corrected chi connectivity index (χ2v) is 6.74. The lowest BCUT2D eigenvalue weighted by Gasteiger charge is -2.16. The molecule has 0 unspecified atom stereocenters. The third kappa shape index (κ3) is 5.43. The average Bonchev–Trinajstić information content (AvgIpc) is 3.00. The van der Waals surface area contributed by atoms with Gasteiger partial charge in [-0.2, -0.15) is 0 Å². The molecule has 0 saturated heterocycles. The first-order valence-corrected chi connectivity index (χ1v) is 9.08. The maximum absolute atomic E-state index is 4.32. The molecule has 0 spiro atoms. The van der Waals surface area contributed by atoms with E-state index in [1.165, 1.54) is 29.5 Å². The second kappa shape index (κ2) is 9.89. The van der Waals surface area contributed by atoms with Crippen LogP contribution < -0.4 is 10.6 Å². The summed E-state index contributed by atoms with van der Waals surface area (Å²) < 4.78 is 2.24. The summed E-state index contributed by atoms with van der Waals surface area (Å²) in [6, 6.07) is 6.69. The molecule has 1 aromatic heterocycles. The van der Waals surface area contributed by atoms with Gasteiger partial charge in [-0.1, -0.05) is 29.3 Å². The van der Waals surface area contributed by atoms with E-state index in [1.807, 2.05) is 0 Å². The Balaban J connectivity index is 0.00000243. The molecule has 2 aromatic rings. The van der Waals surface area contributed by atoms with Gasteiger partial charge in [-0.15, -0.1) is 34.2 Å². The molecule has 1 aromatic carbocycles. The van der Waals surface area contributed by atoms with Crippen molar-refractivity contribution in [1.29, 1.82) is 0 Å². The normalized spacial score (nSPS) is 13.7. The van der Waals surface area contributed by atoms with Crippen molar-refractivity contribution < 1.29 is 0 Å². The van der Waals surface area contributed by atoms with Gasteiger partial charge in [-0.25, -0.2) is 0 Å². The molecule has 0 aliphatic carbocycles. The molecule has 0 radical (unpaired) electrons. The Hall–Kier alpha value is -1.64. The van der Waals surface area contributed by atoms with Gasteiger partial charge < -0.3 is 15.2 Å². The Kier molecular flexibility index (Phi) is 7.86. The number of aromatic nitrogens is 3. The second-order valence-electron chi connectivity index (χ2n) is 6.74. The van der Waals surface area contributed by atoms with Crippen LogP contribution in [0.3, 0.4) is 0 Å². The highest BCUT2D eigenvalue weighted by molar-refractivity contribution is 14.0. The van der Waals surface area contributed by atoms with Gasteiger partial charge in [0.2, 0.25) is 0 Å². The van der Waals surface area contributed by atoms with Gasteiger partial charge in [0, 0.05) is 26.6 Å². The molecule has 0 bridgehead atoms. The van der Waals surface area contributed by atoms with Crippen molar-refractivity contribution in [3.63, 3.8) is 0 Å². The van der Waals surface area contributed by atoms with Gasteiger partial charge in [0.05, 0.1) is 6.54 Å². The van der Waals surface area contributed by atoms with E-state index in [1.54, 1.807) is 7.05 Å². The van der Waals surface area contributed by atoms with Crippen molar-refractivity contribution >= 4 is 29.9 Å². The quantitative estimate of drug-likeness (QED) is 0.403. The first kappa shape index (κ1) is 20.7. The van der Waals surface area contributed by atoms with Crippen LogP contribution >= 0.6 is 24.0 Å². The highest BCUT2D eigenvalue weighted by atomic mass is 127. The first-order valence-electron chi connectivity index (χ1n) is 9.08. The van der Waals surface area contributed by atoms with Gasteiger partial charge in [0.15, 0.2) is 11.8 Å². The number of benzene rings is 1. The number of fused-ring (bicyclic) bond motifs is 1. The summed E-state index contributed by atoms with van der Waals surface area (Å²) in [7, 11) is 1.80. The van der Waals surface area contributed by atoms with Gasteiger partial charge in [-0.3, -0.25) is 4.99 Å². The fourth-order valence-electron chi connectivity index (χ4n) is 3.42. The van der Waals surface area contributed by atoms with E-state index in [-0.39, 0.29) is 24.0 Å². The largest absolute Gasteiger partial charge is 0.356 e. The van der Waals surface area contributed by atoms with Crippen LogP contribution in [0.1, 0.15) is 41.2 Å². The van der Waals surface area contributed by atoms with E-state index in [4.69, 9.17) is 0 Å². The van der Waals surface area contributed by atoms with Crippen LogP contribution in [0, 0.1) is 13.8 Å². The van der Waals surface area contributed by atoms with Crippen molar-refractivity contribution in [2.75, 3.05) is 13.6 Å². The Morgan fingerprint density at radius 1 is 1.12 bits per heavy atom. The first-order chi connectivity index (χ1) is 12.2. The van der Waals surface area contributed by atoms with E-state index in [9.17, 15) is 0 Å². The predicted molar refractivity (Wildman–Crippen MR) is 116 cm³/mol. The summed E-state index contributed by atoms with van der Waals surface area (Å²) in [5, 5.41) is 15.3. The lowest BCUT2D eigenvalue weighted by Crippen LogP contribution is -2.38. The molecule has 0 atom stereocenters. The Morgan fingerprint density at radius 3 is 2.62 bits per heavy atom. The maximum atomic E-state index is 4.32. The SMILES string of the molecule is CN=C(NCCc1cc(C)cc(C)c1)NCc1nnc2n1CCCC2.I. The highest BCUT2D eigenvalue weighted by Gasteiger charge is 2.15. The molecule has 3 rings (SSSR count). The molecule has 2 heterocycles. The predicted octanol–water partition coefficient (Wildman–Crippen LogP) is 2.76. The Bertz CT molecular complexity index is 732. The number of nitrogens with one attached hydrogen (secondary N) is 2. The van der Waals surface area contributed by atoms with Crippen molar-refractivity contribution in [3.8, 4) is 0 Å². The number of aryl methyl sites for hydroxylation is 3. The van der Waals surface area contributed by atoms with Crippen LogP contribution in [0.4, 0.5) is 0 Å². The number of hydrogen-bond donors (Lipinski definition) is 2. The summed E-state index contributed by atoms with van der Waals surface area (Å²) in [4.78, 5) is 4.30. The molecule has 26 heavy (non-hydrogen) atoms. The van der Waals surface area contributed by atoms with E-state index >= 15 is 0 Å². The van der Waals surface area contributed by atoms with Crippen LogP contribution in [0.15, 0.2) is 23.2 Å². The Morgan fingerprint density at radius 2 is 1.88 bits per heavy atom. The van der Waals surface area contributed by atoms with Crippen molar-refractivity contribution in [2.45, 2.75) is 52.6 Å². The third-order valence-corrected chi connectivity index (χ3v) is 4.56. The summed E-state index contributed by atoms with van der Waals surface area (Å²) in [5.41, 5.74) is 3.98. The van der Waals surface area contributed by atoms with Gasteiger partial charge in [0.25, 0.3) is 0 Å². The number of hydrogen-bond acceptors (Lipinski definition) is 3. The number of guanidine groups is 1. The standard InChI is InChI=1S/C19H28N6.HI/c1-14-10-15(2)12-16(11-14)7-8-21-19(20-3)22-13-18-24-23-17-6-4-5-9-25(17)18;/h10-12H,4-9,13H2,1-3H3,(H2,20,21,22);1H. The monoisotopic (exact) mass is 468 g/mol. The zero-order valence-electron chi connectivity index (χ0n) is 15.9. The third-order valence-electron chi connectivity index (χ3n) is 4.56. The molecule has 0 fully saturated rings. The number of nitrogens with zero attached hydrogens (tertiary/aromatic N) is 4. The molecule has 1 aliphatic rings. The lowest BCUT2D eigenvalue weighted by atomic mass is 10.1. The fourth-order valence-corrected chi connectivity index (χ4v) is 3.42. The number of rotatable bonds is 5. The summed E-state index contributed by atoms with van der Waals surface area (Å²) in [5.74, 6) is 2.91. The summed E-state index contributed by atoms with van der Waals surface area (Å²) in [6.07, 6.45) is 4.44. The molecule has 142 valence electrons. The molecule has 7 heteroatoms. The zero-order chi connectivity index (χ0) is 17.6. The molecule has 6 nitrogen and oxygen atoms in total. The fraction of sp³-hybridized carbons (Fsp3) is 0.526. The highest BCUT2D eigenvalue weighted by Crippen LogP contribution is 2.14. The molecule has 2 N–H and O–H groups in total. The zero-order valence-corrected chi connectivity index (χ0v) is 18.2. The van der Waals surface area contributed by atoms with Crippen LogP contribution in [0.2, 0.25) is 0 Å². The van der Waals surface area contributed by atoms with Gasteiger partial charge >= 0.3 is 0 Å². The van der Waals surface area contributed by atoms with Crippen LogP contribution in [-0.4, -0.2) is 34.3 Å². The van der Waals surface area contributed by atoms with E-state index < -0.39 is 0 Å². The van der Waals surface area contributed by atoms with Crippen LogP contribution in [-0.2, 0) is 25.9 Å². The van der Waals surface area contributed by atoms with Crippen molar-refractivity contribution in [1.82, 2.24) is 25.4 Å². The number of aliphatic imine (C=N–C) groups is 1. The Labute approximate surface area is 172 Å². The summed E-state index contributed by atoms with van der Waals surface area (Å²) in [6.45, 7) is 6.81. The van der Waals surface area contributed by atoms with E-state index in [0.29, 0.717) is 6.54 Å². The lowest BCUT2D eigenvalue weighted by molar-refractivity contribution is 0.504. The van der Waals surface area contributed by atoms with E-state index in [0.717, 1.165) is 43.5 Å². The topological polar surface area (TPSA) is 67.1 Å². The van der Waals surface area contributed by atoms with Gasteiger partial charge in [-0.05, 0) is 38.7 Å². The summed E-state index contributed by atoms with van der Waals surface area (Å²) >= 11 is 0. The smallest absolute Gasteiger partial charge is 0.191 e. The van der Waals surface area contributed by atoms with Gasteiger partial charge in [0.1, 0.15) is 5.82 Å². The van der Waals surface area contributed by atoms with Crippen LogP contribution in [0.25, 0.3) is 0 Å². The van der Waals surface area contributed by atoms with Crippen molar-refractivity contribution in [2.24, 2.45) is 4.99 Å².